The lowest BCUT2D eigenvalue weighted by Crippen LogP contribution is -2.36. The van der Waals surface area contributed by atoms with Gasteiger partial charge in [0.2, 0.25) is 0 Å². The zero-order valence-electron chi connectivity index (χ0n) is 12.7. The summed E-state index contributed by atoms with van der Waals surface area (Å²) >= 11 is 0. The molecular formula is C16H27N3O. The van der Waals surface area contributed by atoms with E-state index < -0.39 is 0 Å². The Balaban J connectivity index is 2.06. The Bertz CT molecular complexity index is 393. The summed E-state index contributed by atoms with van der Waals surface area (Å²) in [5, 5.41) is 0. The van der Waals surface area contributed by atoms with Crippen LogP contribution >= 0.6 is 0 Å². The molecule has 112 valence electrons. The highest BCUT2D eigenvalue weighted by Crippen LogP contribution is 2.21. The number of hydrogen-bond acceptors (Lipinski definition) is 4. The van der Waals surface area contributed by atoms with Crippen molar-refractivity contribution >= 4 is 0 Å². The largest absolute Gasteiger partial charge is 0.380 e. The predicted molar refractivity (Wildman–Crippen MR) is 82.6 cm³/mol. The number of nitrogens with zero attached hydrogens (tertiary/aromatic N) is 2. The van der Waals surface area contributed by atoms with Gasteiger partial charge < -0.3 is 15.4 Å². The number of ether oxygens (including phenoxy) is 1. The summed E-state index contributed by atoms with van der Waals surface area (Å²) in [6.45, 7) is 5.87. The number of likely N-dealkylation sites (N-methyl/N-ethyl adjacent to an activating group) is 1. The van der Waals surface area contributed by atoms with Gasteiger partial charge in [0, 0.05) is 39.3 Å². The third kappa shape index (κ3) is 4.03. The van der Waals surface area contributed by atoms with E-state index in [1.165, 1.54) is 24.1 Å². The Morgan fingerprint density at radius 3 is 2.55 bits per heavy atom. The fourth-order valence-corrected chi connectivity index (χ4v) is 2.88. The molecule has 1 heterocycles. The Morgan fingerprint density at radius 2 is 1.90 bits per heavy atom. The first kappa shape index (κ1) is 15.4. The molecule has 4 heteroatoms. The second kappa shape index (κ2) is 7.74. The van der Waals surface area contributed by atoms with Crippen LogP contribution in [0.2, 0.25) is 0 Å². The van der Waals surface area contributed by atoms with E-state index in [4.69, 9.17) is 10.5 Å². The first-order valence-electron chi connectivity index (χ1n) is 7.45. The maximum atomic E-state index is 6.04. The molecule has 0 spiro atoms. The highest BCUT2D eigenvalue weighted by Gasteiger charge is 2.21. The molecule has 0 bridgehead atoms. The van der Waals surface area contributed by atoms with Crippen LogP contribution in [-0.2, 0) is 11.3 Å². The van der Waals surface area contributed by atoms with E-state index in [1.54, 1.807) is 7.11 Å². The molecule has 1 saturated heterocycles. The highest BCUT2D eigenvalue weighted by atomic mass is 16.5. The van der Waals surface area contributed by atoms with Crippen molar-refractivity contribution < 1.29 is 4.74 Å². The van der Waals surface area contributed by atoms with Crippen molar-refractivity contribution in [1.29, 1.82) is 0 Å². The zero-order chi connectivity index (χ0) is 14.4. The topological polar surface area (TPSA) is 41.7 Å². The molecule has 1 atom stereocenters. The van der Waals surface area contributed by atoms with Gasteiger partial charge in [-0.1, -0.05) is 24.3 Å². The maximum absolute atomic E-state index is 6.04. The van der Waals surface area contributed by atoms with Gasteiger partial charge >= 0.3 is 0 Å². The van der Waals surface area contributed by atoms with Crippen LogP contribution in [0.1, 0.15) is 23.6 Å². The molecule has 1 aromatic carbocycles. The number of nitrogens with two attached hydrogens (primary N) is 1. The van der Waals surface area contributed by atoms with Crippen LogP contribution in [0.25, 0.3) is 0 Å². The summed E-state index contributed by atoms with van der Waals surface area (Å²) < 4.78 is 5.16. The fourth-order valence-electron chi connectivity index (χ4n) is 2.88. The summed E-state index contributed by atoms with van der Waals surface area (Å²) in [4.78, 5) is 4.92. The molecule has 0 aliphatic carbocycles. The average molecular weight is 277 g/mol. The van der Waals surface area contributed by atoms with E-state index in [9.17, 15) is 0 Å². The van der Waals surface area contributed by atoms with Crippen LogP contribution in [0.5, 0.6) is 0 Å². The molecule has 1 aromatic rings. The molecule has 0 saturated carbocycles. The average Bonchev–Trinajstić information content (AvgIpc) is 2.67. The molecule has 1 aliphatic rings. The Hall–Kier alpha value is -0.940. The highest BCUT2D eigenvalue weighted by molar-refractivity contribution is 5.25. The Morgan fingerprint density at radius 1 is 1.15 bits per heavy atom. The molecule has 0 aromatic heterocycles. The Labute approximate surface area is 122 Å². The van der Waals surface area contributed by atoms with Gasteiger partial charge in [0.25, 0.3) is 0 Å². The summed E-state index contributed by atoms with van der Waals surface area (Å²) in [6, 6.07) is 9.01. The lowest BCUT2D eigenvalue weighted by molar-refractivity contribution is 0.184. The SMILES string of the molecule is COCc1ccc(C(CN)N2CCCN(C)CC2)cc1. The molecule has 0 radical (unpaired) electrons. The minimum absolute atomic E-state index is 0.332. The quantitative estimate of drug-likeness (QED) is 0.885. The first-order valence-corrected chi connectivity index (χ1v) is 7.45. The minimum atomic E-state index is 0.332. The standard InChI is InChI=1S/C16H27N3O/c1-18-8-3-9-19(11-10-18)16(12-17)15-6-4-14(5-7-15)13-20-2/h4-7,16H,3,8-13,17H2,1-2H3. The van der Waals surface area contributed by atoms with E-state index in [0.29, 0.717) is 19.2 Å². The van der Waals surface area contributed by atoms with Gasteiger partial charge in [0.05, 0.1) is 6.61 Å². The Kier molecular flexibility index (Phi) is 5.98. The second-order valence-electron chi connectivity index (χ2n) is 5.62. The van der Waals surface area contributed by atoms with Gasteiger partial charge in [-0.3, -0.25) is 4.90 Å². The predicted octanol–water partition coefficient (Wildman–Crippen LogP) is 1.47. The van der Waals surface area contributed by atoms with Crippen molar-refractivity contribution in [3.05, 3.63) is 35.4 Å². The van der Waals surface area contributed by atoms with Crippen LogP contribution in [0.4, 0.5) is 0 Å². The van der Waals surface area contributed by atoms with E-state index in [-0.39, 0.29) is 0 Å². The summed E-state index contributed by atoms with van der Waals surface area (Å²) in [7, 11) is 3.92. The van der Waals surface area contributed by atoms with Crippen LogP contribution in [-0.4, -0.2) is 56.7 Å². The van der Waals surface area contributed by atoms with Gasteiger partial charge in [-0.05, 0) is 31.1 Å². The van der Waals surface area contributed by atoms with Gasteiger partial charge in [-0.25, -0.2) is 0 Å². The molecule has 2 N–H and O–H groups in total. The van der Waals surface area contributed by atoms with Crippen molar-refractivity contribution in [3.8, 4) is 0 Å². The lowest BCUT2D eigenvalue weighted by atomic mass is 10.0. The minimum Gasteiger partial charge on any atom is -0.380 e. The molecule has 4 nitrogen and oxygen atoms in total. The summed E-state index contributed by atoms with van der Waals surface area (Å²) in [5.41, 5.74) is 8.57. The zero-order valence-corrected chi connectivity index (χ0v) is 12.7. The van der Waals surface area contributed by atoms with Crippen molar-refractivity contribution in [2.24, 2.45) is 5.73 Å². The van der Waals surface area contributed by atoms with Gasteiger partial charge in [-0.15, -0.1) is 0 Å². The van der Waals surface area contributed by atoms with Gasteiger partial charge in [0.1, 0.15) is 0 Å². The van der Waals surface area contributed by atoms with Gasteiger partial charge in [0.15, 0.2) is 0 Å². The number of benzene rings is 1. The summed E-state index contributed by atoms with van der Waals surface area (Å²) in [5.74, 6) is 0. The maximum Gasteiger partial charge on any atom is 0.0713 e. The molecule has 2 rings (SSSR count). The first-order chi connectivity index (χ1) is 9.74. The van der Waals surface area contributed by atoms with Crippen LogP contribution < -0.4 is 5.73 Å². The van der Waals surface area contributed by atoms with Crippen LogP contribution in [0.15, 0.2) is 24.3 Å². The molecule has 1 aliphatic heterocycles. The number of rotatable bonds is 5. The van der Waals surface area contributed by atoms with Crippen LogP contribution in [0, 0.1) is 0 Å². The van der Waals surface area contributed by atoms with Crippen molar-refractivity contribution in [2.75, 3.05) is 46.9 Å². The molecule has 20 heavy (non-hydrogen) atoms. The van der Waals surface area contributed by atoms with Crippen LogP contribution in [0.3, 0.4) is 0 Å². The van der Waals surface area contributed by atoms with E-state index in [2.05, 4.69) is 41.1 Å². The summed E-state index contributed by atoms with van der Waals surface area (Å²) in [6.07, 6.45) is 1.22. The van der Waals surface area contributed by atoms with E-state index >= 15 is 0 Å². The normalized spacial score (nSPS) is 19.8. The fraction of sp³-hybridized carbons (Fsp3) is 0.625. The number of methoxy groups -OCH3 is 1. The molecular weight excluding hydrogens is 250 g/mol. The van der Waals surface area contributed by atoms with Crippen molar-refractivity contribution in [3.63, 3.8) is 0 Å². The van der Waals surface area contributed by atoms with Gasteiger partial charge in [-0.2, -0.15) is 0 Å². The smallest absolute Gasteiger partial charge is 0.0713 e. The van der Waals surface area contributed by atoms with E-state index in [0.717, 1.165) is 19.6 Å². The second-order valence-corrected chi connectivity index (χ2v) is 5.62. The third-order valence-corrected chi connectivity index (χ3v) is 4.09. The lowest BCUT2D eigenvalue weighted by Gasteiger charge is -2.30. The monoisotopic (exact) mass is 277 g/mol. The molecule has 1 unspecified atom stereocenters. The van der Waals surface area contributed by atoms with Crippen molar-refractivity contribution in [1.82, 2.24) is 9.80 Å². The molecule has 0 amide bonds. The van der Waals surface area contributed by atoms with E-state index in [1.807, 2.05) is 0 Å². The third-order valence-electron chi connectivity index (χ3n) is 4.09. The number of hydrogen-bond donors (Lipinski definition) is 1. The van der Waals surface area contributed by atoms with Crippen molar-refractivity contribution in [2.45, 2.75) is 19.1 Å². The molecule has 1 fully saturated rings.